The molecule has 1 aliphatic heterocycles. The van der Waals surface area contributed by atoms with E-state index in [1.54, 1.807) is 6.33 Å². The van der Waals surface area contributed by atoms with E-state index < -0.39 is 5.97 Å². The first kappa shape index (κ1) is 30.3. The van der Waals surface area contributed by atoms with Crippen LogP contribution in [0.15, 0.2) is 18.5 Å². The molecular weight excluding hydrogens is 548 g/mol. The number of carboxylic acid groups (broad SMARTS) is 1. The predicted molar refractivity (Wildman–Crippen MR) is 166 cm³/mol. The molecule has 2 saturated carbocycles. The molecule has 0 atom stereocenters. The number of carbonyl (C=O) groups is 2. The molecule has 42 heavy (non-hydrogen) atoms. The average molecular weight is 593 g/mol. The van der Waals surface area contributed by atoms with Gasteiger partial charge in [0.05, 0.1) is 10.6 Å². The number of thiophene rings is 1. The maximum absolute atomic E-state index is 14.2. The van der Waals surface area contributed by atoms with Crippen LogP contribution in [0.5, 0.6) is 5.88 Å². The van der Waals surface area contributed by atoms with Gasteiger partial charge in [0.25, 0.3) is 0 Å². The van der Waals surface area contributed by atoms with Crippen molar-refractivity contribution in [3.63, 3.8) is 0 Å². The number of rotatable bonds is 7. The second-order valence-corrected chi connectivity index (χ2v) is 14.3. The van der Waals surface area contributed by atoms with Crippen LogP contribution in [-0.2, 0) is 4.79 Å². The highest BCUT2D eigenvalue weighted by Gasteiger charge is 2.38. The first-order valence-corrected chi connectivity index (χ1v) is 16.4. The first-order chi connectivity index (χ1) is 20.1. The van der Waals surface area contributed by atoms with Crippen LogP contribution in [-0.4, -0.2) is 52.2 Å². The van der Waals surface area contributed by atoms with Gasteiger partial charge in [-0.2, -0.15) is 0 Å². The highest BCUT2D eigenvalue weighted by Crippen LogP contribution is 2.39. The third-order valence-electron chi connectivity index (χ3n) is 8.68. The van der Waals surface area contributed by atoms with Crippen LogP contribution >= 0.6 is 11.3 Å². The molecule has 9 heteroatoms. The molecular formula is C33H44N4O4S. The molecule has 1 saturated heterocycles. The quantitative estimate of drug-likeness (QED) is 0.354. The van der Waals surface area contributed by atoms with Gasteiger partial charge in [0, 0.05) is 36.5 Å². The van der Waals surface area contributed by atoms with Gasteiger partial charge in [-0.1, -0.05) is 18.8 Å². The number of nitrogens with zero attached hydrogens (tertiary/aromatic N) is 4. The van der Waals surface area contributed by atoms with Crippen molar-refractivity contribution in [1.82, 2.24) is 9.97 Å². The van der Waals surface area contributed by atoms with Crippen molar-refractivity contribution in [2.24, 2.45) is 17.3 Å². The van der Waals surface area contributed by atoms with Gasteiger partial charge in [-0.3, -0.25) is 4.79 Å². The van der Waals surface area contributed by atoms with Crippen LogP contribution in [0.4, 0.5) is 11.5 Å². The van der Waals surface area contributed by atoms with E-state index >= 15 is 0 Å². The molecule has 3 aliphatic rings. The van der Waals surface area contributed by atoms with E-state index in [4.69, 9.17) is 4.74 Å². The third-order valence-corrected chi connectivity index (χ3v) is 9.71. The number of hydrogen-bond acceptors (Lipinski definition) is 7. The fraction of sp³-hybridized carbons (Fsp3) is 0.636. The zero-order valence-electron chi connectivity index (χ0n) is 25.4. The minimum Gasteiger partial charge on any atom is -0.477 e. The summed E-state index contributed by atoms with van der Waals surface area (Å²) in [5.41, 5.74) is 0.295. The molecule has 3 heterocycles. The van der Waals surface area contributed by atoms with E-state index in [1.807, 2.05) is 37.8 Å². The summed E-state index contributed by atoms with van der Waals surface area (Å²) in [6.45, 7) is 10.4. The van der Waals surface area contributed by atoms with Crippen LogP contribution in [0.25, 0.3) is 0 Å². The van der Waals surface area contributed by atoms with E-state index in [2.05, 4.69) is 33.6 Å². The highest BCUT2D eigenvalue weighted by molar-refractivity contribution is 7.15. The van der Waals surface area contributed by atoms with Crippen molar-refractivity contribution in [2.75, 3.05) is 22.9 Å². The Balaban J connectivity index is 1.36. The van der Waals surface area contributed by atoms with Crippen molar-refractivity contribution < 1.29 is 19.4 Å². The topological polar surface area (TPSA) is 95.9 Å². The first-order valence-electron chi connectivity index (χ1n) is 15.5. The number of ether oxygens (including phenoxy) is 1. The Hall–Kier alpha value is -3.12. The van der Waals surface area contributed by atoms with Gasteiger partial charge in [-0.15, -0.1) is 11.3 Å². The summed E-state index contributed by atoms with van der Waals surface area (Å²) in [4.78, 5) is 40.4. The molecule has 0 radical (unpaired) electrons. The standard InChI is InChI=1S/C33H44N4O4S/c1-22-7-9-23(10-8-22)31(38)37(27-19-26(15-16-33(2,3)4)42-30(27)32(39)40)24-11-13-25(14-12-24)41-29-20-28(34-21-35-29)36-17-5-6-18-36/h19-25H,5-14,17-18H2,1-4H3,(H,39,40)/t22-,23-,24-,25-. The Morgan fingerprint density at radius 2 is 1.71 bits per heavy atom. The molecule has 2 aromatic rings. The summed E-state index contributed by atoms with van der Waals surface area (Å²) >= 11 is 1.17. The zero-order chi connectivity index (χ0) is 29.9. The van der Waals surface area contributed by atoms with E-state index in [-0.39, 0.29) is 34.3 Å². The number of carboxylic acids is 1. The van der Waals surface area contributed by atoms with Crippen molar-refractivity contribution >= 4 is 34.7 Å². The van der Waals surface area contributed by atoms with Gasteiger partial charge in [0.15, 0.2) is 0 Å². The molecule has 3 fully saturated rings. The lowest BCUT2D eigenvalue weighted by atomic mass is 9.81. The van der Waals surface area contributed by atoms with E-state index in [0.29, 0.717) is 22.4 Å². The van der Waals surface area contributed by atoms with Gasteiger partial charge in [0.2, 0.25) is 11.8 Å². The van der Waals surface area contributed by atoms with Crippen LogP contribution < -0.4 is 14.5 Å². The summed E-state index contributed by atoms with van der Waals surface area (Å²) < 4.78 is 6.32. The minimum atomic E-state index is -1.01. The molecule has 0 aromatic carbocycles. The van der Waals surface area contributed by atoms with Gasteiger partial charge < -0.3 is 19.6 Å². The maximum atomic E-state index is 14.2. The summed E-state index contributed by atoms with van der Waals surface area (Å²) in [7, 11) is 0. The summed E-state index contributed by atoms with van der Waals surface area (Å²) in [6, 6.07) is 3.68. The smallest absolute Gasteiger partial charge is 0.348 e. The third kappa shape index (κ3) is 7.44. The number of hydrogen-bond donors (Lipinski definition) is 1. The molecule has 2 aliphatic carbocycles. The maximum Gasteiger partial charge on any atom is 0.348 e. The van der Waals surface area contributed by atoms with Gasteiger partial charge in [-0.05, 0) is 97.0 Å². The summed E-state index contributed by atoms with van der Waals surface area (Å²) in [5, 5.41) is 10.2. The molecule has 226 valence electrons. The largest absolute Gasteiger partial charge is 0.477 e. The fourth-order valence-corrected chi connectivity index (χ4v) is 7.17. The molecule has 0 spiro atoms. The van der Waals surface area contributed by atoms with E-state index in [9.17, 15) is 14.7 Å². The lowest BCUT2D eigenvalue weighted by molar-refractivity contribution is -0.124. The molecule has 0 unspecified atom stereocenters. The Morgan fingerprint density at radius 3 is 2.36 bits per heavy atom. The van der Waals surface area contributed by atoms with Crippen LogP contribution in [0.1, 0.15) is 106 Å². The fourth-order valence-electron chi connectivity index (χ4n) is 6.33. The number of aromatic nitrogens is 2. The van der Waals surface area contributed by atoms with Crippen LogP contribution in [0.2, 0.25) is 0 Å². The normalized spacial score (nSPS) is 24.5. The Bertz CT molecular complexity index is 1320. The predicted octanol–water partition coefficient (Wildman–Crippen LogP) is 6.78. The van der Waals surface area contributed by atoms with Gasteiger partial charge in [0.1, 0.15) is 23.1 Å². The lowest BCUT2D eigenvalue weighted by Gasteiger charge is -2.39. The molecule has 0 bridgehead atoms. The average Bonchev–Trinajstić information content (AvgIpc) is 3.64. The second-order valence-electron chi connectivity index (χ2n) is 13.3. The van der Waals surface area contributed by atoms with Crippen molar-refractivity contribution in [2.45, 2.75) is 104 Å². The van der Waals surface area contributed by atoms with Crippen molar-refractivity contribution in [3.8, 4) is 17.7 Å². The number of aromatic carboxylic acids is 1. The van der Waals surface area contributed by atoms with E-state index in [0.717, 1.165) is 70.3 Å². The van der Waals surface area contributed by atoms with Gasteiger partial charge >= 0.3 is 5.97 Å². The molecule has 2 aromatic heterocycles. The van der Waals surface area contributed by atoms with Crippen molar-refractivity contribution in [1.29, 1.82) is 0 Å². The Labute approximate surface area is 253 Å². The summed E-state index contributed by atoms with van der Waals surface area (Å²) in [5.74, 6) is 7.49. The van der Waals surface area contributed by atoms with Crippen LogP contribution in [0.3, 0.4) is 0 Å². The second kappa shape index (κ2) is 13.0. The van der Waals surface area contributed by atoms with Crippen molar-refractivity contribution in [3.05, 3.63) is 28.2 Å². The molecule has 5 rings (SSSR count). The van der Waals surface area contributed by atoms with E-state index in [1.165, 1.54) is 24.2 Å². The molecule has 8 nitrogen and oxygen atoms in total. The number of carbonyl (C=O) groups excluding carboxylic acids is 1. The molecule has 1 amide bonds. The van der Waals surface area contributed by atoms with Gasteiger partial charge in [-0.25, -0.2) is 14.8 Å². The highest BCUT2D eigenvalue weighted by atomic mass is 32.1. The zero-order valence-corrected chi connectivity index (χ0v) is 26.2. The lowest BCUT2D eigenvalue weighted by Crippen LogP contribution is -2.47. The van der Waals surface area contributed by atoms with Crippen LogP contribution in [0, 0.1) is 29.1 Å². The monoisotopic (exact) mass is 592 g/mol. The Kier molecular flexibility index (Phi) is 9.41. The minimum absolute atomic E-state index is 0.00954. The molecule has 1 N–H and O–H groups in total. The SMILES string of the molecule is CC(C)(C)C#Cc1cc(N(C(=O)[C@H]2CC[C@H](C)CC2)[C@H]2CC[C@H](Oc3cc(N4CCCC4)ncn3)CC2)c(C(=O)O)s1. The number of amides is 1. The number of anilines is 2. The summed E-state index contributed by atoms with van der Waals surface area (Å²) in [6.07, 6.45) is 10.7. The Morgan fingerprint density at radius 1 is 1.02 bits per heavy atom.